The summed E-state index contributed by atoms with van der Waals surface area (Å²) >= 11 is 0. The Morgan fingerprint density at radius 2 is 1.56 bits per heavy atom. The minimum atomic E-state index is -3.01. The molecule has 2 aromatic rings. The van der Waals surface area contributed by atoms with Crippen molar-refractivity contribution in [1.82, 2.24) is 5.32 Å². The quantitative estimate of drug-likeness (QED) is 0.867. The molecule has 3 rings (SSSR count). The fraction of sp³-hybridized carbons (Fsp3) is 0.263. The number of halogens is 2. The van der Waals surface area contributed by atoms with Crippen LogP contribution in [-0.2, 0) is 9.53 Å². The Labute approximate surface area is 143 Å². The molecule has 0 bridgehead atoms. The van der Waals surface area contributed by atoms with Gasteiger partial charge in [-0.2, -0.15) is 0 Å². The maximum absolute atomic E-state index is 12.1. The third kappa shape index (κ3) is 3.68. The van der Waals surface area contributed by atoms with Crippen molar-refractivity contribution >= 4 is 11.9 Å². The van der Waals surface area contributed by atoms with E-state index in [9.17, 15) is 18.4 Å². The number of fused-ring (bicyclic) bond motifs is 3. The Morgan fingerprint density at radius 1 is 1.00 bits per heavy atom. The number of carbonyl (C=O) groups is 2. The zero-order valence-electron chi connectivity index (χ0n) is 13.4. The summed E-state index contributed by atoms with van der Waals surface area (Å²) in [6, 6.07) is 15.9. The van der Waals surface area contributed by atoms with Gasteiger partial charge >= 0.3 is 6.09 Å². The lowest BCUT2D eigenvalue weighted by atomic mass is 9.98. The summed E-state index contributed by atoms with van der Waals surface area (Å²) in [5, 5.41) is 2.33. The number of hydrogen-bond acceptors (Lipinski definition) is 3. The molecular weight excluding hydrogens is 328 g/mol. The summed E-state index contributed by atoms with van der Waals surface area (Å²) in [7, 11) is 0. The van der Waals surface area contributed by atoms with Gasteiger partial charge in [0.1, 0.15) is 6.61 Å². The van der Waals surface area contributed by atoms with E-state index in [4.69, 9.17) is 4.74 Å². The van der Waals surface area contributed by atoms with Crippen molar-refractivity contribution in [2.24, 2.45) is 0 Å². The van der Waals surface area contributed by atoms with Crippen LogP contribution in [0.1, 0.15) is 23.5 Å². The van der Waals surface area contributed by atoms with E-state index in [2.05, 4.69) is 5.32 Å². The number of amides is 1. The van der Waals surface area contributed by atoms with Crippen molar-refractivity contribution in [2.45, 2.75) is 18.8 Å². The summed E-state index contributed by atoms with van der Waals surface area (Å²) in [6.07, 6.45) is -4.14. The van der Waals surface area contributed by atoms with Gasteiger partial charge in [0.05, 0.1) is 0 Å². The number of benzene rings is 2. The molecule has 0 saturated heterocycles. The highest BCUT2D eigenvalue weighted by molar-refractivity contribution is 5.82. The van der Waals surface area contributed by atoms with E-state index in [1.165, 1.54) is 0 Å². The standard InChI is InChI=1S/C19H17F2NO3/c20-18(21)17(23)9-10-22-19(24)25-11-16-14-7-3-1-5-12(14)13-6-2-4-8-15(13)16/h1-8,16,18H,9-11H2,(H,22,24). The zero-order chi connectivity index (χ0) is 17.8. The Hall–Kier alpha value is -2.76. The number of ether oxygens (including phenoxy) is 1. The minimum Gasteiger partial charge on any atom is -0.449 e. The van der Waals surface area contributed by atoms with Gasteiger partial charge in [-0.1, -0.05) is 48.5 Å². The molecule has 0 atom stereocenters. The van der Waals surface area contributed by atoms with Gasteiger partial charge in [0.2, 0.25) is 5.78 Å². The summed E-state index contributed by atoms with van der Waals surface area (Å²) in [5.41, 5.74) is 4.41. The van der Waals surface area contributed by atoms with E-state index in [0.717, 1.165) is 22.3 Å². The highest BCUT2D eigenvalue weighted by atomic mass is 19.3. The van der Waals surface area contributed by atoms with Gasteiger partial charge < -0.3 is 10.1 Å². The van der Waals surface area contributed by atoms with Gasteiger partial charge in [-0.05, 0) is 22.3 Å². The van der Waals surface area contributed by atoms with Gasteiger partial charge in [-0.25, -0.2) is 13.6 Å². The topological polar surface area (TPSA) is 55.4 Å². The van der Waals surface area contributed by atoms with E-state index in [1.807, 2.05) is 48.5 Å². The van der Waals surface area contributed by atoms with Crippen LogP contribution in [0.2, 0.25) is 0 Å². The molecule has 1 aliphatic carbocycles. The predicted molar refractivity (Wildman–Crippen MR) is 88.7 cm³/mol. The number of rotatable bonds is 6. The lowest BCUT2D eigenvalue weighted by molar-refractivity contribution is -0.129. The van der Waals surface area contributed by atoms with Crippen molar-refractivity contribution in [3.05, 3.63) is 59.7 Å². The SMILES string of the molecule is O=C(NCCC(=O)C(F)F)OCC1c2ccccc2-c2ccccc21. The molecule has 25 heavy (non-hydrogen) atoms. The number of carbonyl (C=O) groups excluding carboxylic acids is 2. The van der Waals surface area contributed by atoms with Crippen molar-refractivity contribution in [3.63, 3.8) is 0 Å². The molecule has 1 aliphatic rings. The van der Waals surface area contributed by atoms with Crippen LogP contribution in [-0.4, -0.2) is 31.5 Å². The monoisotopic (exact) mass is 345 g/mol. The van der Waals surface area contributed by atoms with Crippen LogP contribution >= 0.6 is 0 Å². The number of ketones is 1. The molecule has 4 nitrogen and oxygen atoms in total. The molecule has 130 valence electrons. The summed E-state index contributed by atoms with van der Waals surface area (Å²) < 4.78 is 29.4. The predicted octanol–water partition coefficient (Wildman–Crippen LogP) is 3.75. The van der Waals surface area contributed by atoms with E-state index in [-0.39, 0.29) is 19.1 Å². The molecular formula is C19H17F2NO3. The Bertz CT molecular complexity index is 746. The van der Waals surface area contributed by atoms with Crippen LogP contribution in [0.5, 0.6) is 0 Å². The average Bonchev–Trinajstić information content (AvgIpc) is 2.94. The fourth-order valence-corrected chi connectivity index (χ4v) is 3.05. The van der Waals surface area contributed by atoms with Gasteiger partial charge in [0.25, 0.3) is 6.43 Å². The molecule has 1 amide bonds. The lowest BCUT2D eigenvalue weighted by Crippen LogP contribution is -2.29. The number of alkyl carbamates (subject to hydrolysis) is 1. The Morgan fingerprint density at radius 3 is 2.12 bits per heavy atom. The smallest absolute Gasteiger partial charge is 0.407 e. The van der Waals surface area contributed by atoms with E-state index in [1.54, 1.807) is 0 Å². The average molecular weight is 345 g/mol. The molecule has 0 radical (unpaired) electrons. The van der Waals surface area contributed by atoms with Gasteiger partial charge in [0, 0.05) is 18.9 Å². The summed E-state index contributed by atoms with van der Waals surface area (Å²) in [6.45, 7) is -0.0253. The molecule has 0 fully saturated rings. The molecule has 6 heteroatoms. The van der Waals surface area contributed by atoms with Crippen LogP contribution in [0.3, 0.4) is 0 Å². The molecule has 2 aromatic carbocycles. The van der Waals surface area contributed by atoms with Crippen LogP contribution < -0.4 is 5.32 Å². The molecule has 0 unspecified atom stereocenters. The second-order valence-corrected chi connectivity index (χ2v) is 5.77. The number of hydrogen-bond donors (Lipinski definition) is 1. The molecule has 0 aromatic heterocycles. The number of Topliss-reactive ketones (excluding diaryl/α,β-unsaturated/α-hetero) is 1. The van der Waals surface area contributed by atoms with E-state index in [0.29, 0.717) is 0 Å². The highest BCUT2D eigenvalue weighted by Gasteiger charge is 2.28. The number of nitrogens with one attached hydrogen (secondary N) is 1. The normalized spacial score (nSPS) is 12.6. The van der Waals surface area contributed by atoms with Crippen LogP contribution in [0, 0.1) is 0 Å². The first-order valence-corrected chi connectivity index (χ1v) is 7.97. The second-order valence-electron chi connectivity index (χ2n) is 5.77. The zero-order valence-corrected chi connectivity index (χ0v) is 13.4. The first-order valence-electron chi connectivity index (χ1n) is 7.97. The van der Waals surface area contributed by atoms with Crippen molar-refractivity contribution < 1.29 is 23.1 Å². The van der Waals surface area contributed by atoms with Gasteiger partial charge in [-0.15, -0.1) is 0 Å². The van der Waals surface area contributed by atoms with Crippen LogP contribution in [0.15, 0.2) is 48.5 Å². The molecule has 0 heterocycles. The summed E-state index contributed by atoms with van der Waals surface area (Å²) in [4.78, 5) is 22.6. The molecule has 0 spiro atoms. The third-order valence-electron chi connectivity index (χ3n) is 4.23. The maximum Gasteiger partial charge on any atom is 0.407 e. The number of alkyl halides is 2. The largest absolute Gasteiger partial charge is 0.449 e. The second kappa shape index (κ2) is 7.42. The first kappa shape index (κ1) is 17.1. The van der Waals surface area contributed by atoms with Gasteiger partial charge in [-0.3, -0.25) is 4.79 Å². The third-order valence-corrected chi connectivity index (χ3v) is 4.23. The van der Waals surface area contributed by atoms with Crippen molar-refractivity contribution in [1.29, 1.82) is 0 Å². The highest BCUT2D eigenvalue weighted by Crippen LogP contribution is 2.44. The fourth-order valence-electron chi connectivity index (χ4n) is 3.05. The van der Waals surface area contributed by atoms with Crippen LogP contribution in [0.4, 0.5) is 13.6 Å². The minimum absolute atomic E-state index is 0.0687. The van der Waals surface area contributed by atoms with E-state index >= 15 is 0 Å². The first-order chi connectivity index (χ1) is 12.1. The maximum atomic E-state index is 12.1. The molecule has 1 N–H and O–H groups in total. The molecule has 0 saturated carbocycles. The van der Waals surface area contributed by atoms with Crippen molar-refractivity contribution in [2.75, 3.05) is 13.2 Å². The summed E-state index contributed by atoms with van der Waals surface area (Å²) in [5.74, 6) is -1.26. The van der Waals surface area contributed by atoms with Gasteiger partial charge in [0.15, 0.2) is 0 Å². The van der Waals surface area contributed by atoms with Crippen molar-refractivity contribution in [3.8, 4) is 11.1 Å². The Balaban J connectivity index is 1.60. The van der Waals surface area contributed by atoms with E-state index < -0.39 is 24.7 Å². The Kier molecular flexibility index (Phi) is 5.07. The van der Waals surface area contributed by atoms with Crippen LogP contribution in [0.25, 0.3) is 11.1 Å². The lowest BCUT2D eigenvalue weighted by Gasteiger charge is -2.14. The molecule has 0 aliphatic heterocycles.